The Bertz CT molecular complexity index is 608. The van der Waals surface area contributed by atoms with Crippen molar-refractivity contribution >= 4 is 27.8 Å². The fourth-order valence-electron chi connectivity index (χ4n) is 1.46. The van der Waals surface area contributed by atoms with Gasteiger partial charge in [-0.2, -0.15) is 8.78 Å². The van der Waals surface area contributed by atoms with Crippen LogP contribution in [0, 0.1) is 5.92 Å². The normalized spacial score (nSPS) is 16.5. The molecule has 1 heterocycles. The zero-order valence-corrected chi connectivity index (χ0v) is 13.5. The highest BCUT2D eigenvalue weighted by Gasteiger charge is 2.22. The summed E-state index contributed by atoms with van der Waals surface area (Å²) in [5.74, 6) is -1.17. The SMILES string of the molecule is C/C(=N/OCC1CC1)c1cnc(S(=O)CCC(F)=C(F)F)s1. The first-order valence-corrected chi connectivity index (χ1v) is 8.81. The van der Waals surface area contributed by atoms with E-state index in [1.54, 1.807) is 6.92 Å². The molecule has 0 amide bonds. The number of hydrogen-bond acceptors (Lipinski definition) is 5. The van der Waals surface area contributed by atoms with Gasteiger partial charge in [-0.3, -0.25) is 4.21 Å². The molecule has 1 unspecified atom stereocenters. The second-order valence-electron chi connectivity index (χ2n) is 4.87. The van der Waals surface area contributed by atoms with E-state index in [0.717, 1.165) is 11.3 Å². The van der Waals surface area contributed by atoms with Crippen molar-refractivity contribution in [1.82, 2.24) is 4.98 Å². The molecule has 4 nitrogen and oxygen atoms in total. The van der Waals surface area contributed by atoms with Gasteiger partial charge in [0.15, 0.2) is 10.2 Å². The minimum absolute atomic E-state index is 0.232. The number of thiazole rings is 1. The standard InChI is InChI=1S/C13H15F3N2O2S2/c1-8(18-20-7-9-2-3-9)11-6-17-13(21-11)22(19)5-4-10(14)12(15)16/h6,9H,2-5,7H2,1H3/b18-8-. The summed E-state index contributed by atoms with van der Waals surface area (Å²) in [4.78, 5) is 9.86. The second-order valence-corrected chi connectivity index (χ2v) is 7.65. The number of aromatic nitrogens is 1. The van der Waals surface area contributed by atoms with E-state index in [0.29, 0.717) is 23.1 Å². The fraction of sp³-hybridized carbons (Fsp3) is 0.538. The first-order chi connectivity index (χ1) is 10.5. The van der Waals surface area contributed by atoms with Crippen LogP contribution in [0.3, 0.4) is 0 Å². The zero-order chi connectivity index (χ0) is 16.1. The van der Waals surface area contributed by atoms with Gasteiger partial charge >= 0.3 is 6.08 Å². The molecular formula is C13H15F3N2O2S2. The van der Waals surface area contributed by atoms with Gasteiger partial charge in [0.05, 0.1) is 21.4 Å². The van der Waals surface area contributed by atoms with Crippen LogP contribution in [0.5, 0.6) is 0 Å². The minimum Gasteiger partial charge on any atom is -0.395 e. The lowest BCUT2D eigenvalue weighted by molar-refractivity contribution is 0.134. The highest BCUT2D eigenvalue weighted by atomic mass is 32.2. The van der Waals surface area contributed by atoms with Gasteiger partial charge < -0.3 is 4.84 Å². The van der Waals surface area contributed by atoms with Crippen LogP contribution >= 0.6 is 11.3 Å². The van der Waals surface area contributed by atoms with E-state index >= 15 is 0 Å². The van der Waals surface area contributed by atoms with E-state index in [2.05, 4.69) is 10.1 Å². The van der Waals surface area contributed by atoms with E-state index in [1.165, 1.54) is 19.0 Å². The lowest BCUT2D eigenvalue weighted by Gasteiger charge is -1.98. The van der Waals surface area contributed by atoms with Gasteiger partial charge in [0.2, 0.25) is 0 Å². The maximum absolute atomic E-state index is 12.7. The van der Waals surface area contributed by atoms with Crippen LogP contribution < -0.4 is 0 Å². The quantitative estimate of drug-likeness (QED) is 0.527. The average Bonchev–Trinajstić information content (AvgIpc) is 3.17. The Morgan fingerprint density at radius 3 is 2.86 bits per heavy atom. The smallest absolute Gasteiger partial charge is 0.301 e. The predicted octanol–water partition coefficient (Wildman–Crippen LogP) is 3.87. The van der Waals surface area contributed by atoms with Crippen molar-refractivity contribution in [2.75, 3.05) is 12.4 Å². The van der Waals surface area contributed by atoms with Crippen LogP contribution in [-0.2, 0) is 15.6 Å². The van der Waals surface area contributed by atoms with Crippen LogP contribution in [0.4, 0.5) is 13.2 Å². The van der Waals surface area contributed by atoms with Crippen molar-refractivity contribution in [1.29, 1.82) is 0 Å². The summed E-state index contributed by atoms with van der Waals surface area (Å²) in [5.41, 5.74) is 0.613. The van der Waals surface area contributed by atoms with Gasteiger partial charge in [-0.15, -0.1) is 11.3 Å². The molecule has 0 spiro atoms. The number of allylic oxidation sites excluding steroid dienone is 1. The Kier molecular flexibility index (Phi) is 6.13. The van der Waals surface area contributed by atoms with Crippen LogP contribution in [-0.4, -0.2) is 27.3 Å². The Morgan fingerprint density at radius 2 is 2.23 bits per heavy atom. The average molecular weight is 352 g/mol. The molecule has 122 valence electrons. The maximum atomic E-state index is 12.7. The molecule has 1 aromatic heterocycles. The minimum atomic E-state index is -2.37. The molecule has 0 saturated heterocycles. The van der Waals surface area contributed by atoms with E-state index in [-0.39, 0.29) is 10.1 Å². The molecule has 2 rings (SSSR count). The molecule has 0 radical (unpaired) electrons. The van der Waals surface area contributed by atoms with Crippen molar-refractivity contribution in [3.05, 3.63) is 23.0 Å². The summed E-state index contributed by atoms with van der Waals surface area (Å²) in [6, 6.07) is 0. The third kappa shape index (κ3) is 5.20. The topological polar surface area (TPSA) is 51.6 Å². The molecule has 0 N–H and O–H groups in total. The monoisotopic (exact) mass is 352 g/mol. The van der Waals surface area contributed by atoms with Crippen LogP contribution in [0.25, 0.3) is 0 Å². The summed E-state index contributed by atoms with van der Waals surface area (Å²) < 4.78 is 48.7. The van der Waals surface area contributed by atoms with Crippen molar-refractivity contribution in [3.63, 3.8) is 0 Å². The van der Waals surface area contributed by atoms with Gasteiger partial charge in [0, 0.05) is 18.4 Å². The highest BCUT2D eigenvalue weighted by Crippen LogP contribution is 2.29. The Balaban J connectivity index is 1.89. The second kappa shape index (κ2) is 7.87. The van der Waals surface area contributed by atoms with E-state index < -0.39 is 29.1 Å². The van der Waals surface area contributed by atoms with Gasteiger partial charge in [-0.1, -0.05) is 5.16 Å². The first-order valence-electron chi connectivity index (χ1n) is 6.68. The number of halogens is 3. The Labute approximate surface area is 132 Å². The first kappa shape index (κ1) is 17.1. The van der Waals surface area contributed by atoms with E-state index in [1.807, 2.05) is 0 Å². The van der Waals surface area contributed by atoms with Crippen LogP contribution in [0.2, 0.25) is 0 Å². The molecule has 1 atom stereocenters. The predicted molar refractivity (Wildman–Crippen MR) is 79.2 cm³/mol. The van der Waals surface area contributed by atoms with E-state index in [9.17, 15) is 17.4 Å². The van der Waals surface area contributed by atoms with Gasteiger partial charge in [0.1, 0.15) is 6.61 Å². The molecule has 0 bridgehead atoms. The number of nitrogens with zero attached hydrogens (tertiary/aromatic N) is 2. The molecule has 1 saturated carbocycles. The summed E-state index contributed by atoms with van der Waals surface area (Å²) in [7, 11) is -1.62. The molecule has 1 fully saturated rings. The Hall–Kier alpha value is -1.22. The third-order valence-corrected chi connectivity index (χ3v) is 5.73. The molecule has 1 aliphatic carbocycles. The van der Waals surface area contributed by atoms with Crippen molar-refractivity contribution in [3.8, 4) is 0 Å². The molecule has 9 heteroatoms. The number of rotatable bonds is 8. The van der Waals surface area contributed by atoms with Crippen LogP contribution in [0.15, 0.2) is 27.6 Å². The Morgan fingerprint density at radius 1 is 1.50 bits per heavy atom. The molecule has 0 aliphatic heterocycles. The van der Waals surface area contributed by atoms with Crippen molar-refractivity contribution in [2.45, 2.75) is 30.5 Å². The third-order valence-electron chi connectivity index (χ3n) is 2.96. The zero-order valence-electron chi connectivity index (χ0n) is 11.9. The molecule has 22 heavy (non-hydrogen) atoms. The molecule has 1 aromatic rings. The lowest BCUT2D eigenvalue weighted by Crippen LogP contribution is -1.98. The largest absolute Gasteiger partial charge is 0.395 e. The molecule has 0 aromatic carbocycles. The summed E-state index contributed by atoms with van der Waals surface area (Å²) in [6.07, 6.45) is 0.902. The molecule has 1 aliphatic rings. The van der Waals surface area contributed by atoms with Crippen molar-refractivity contribution < 1.29 is 22.2 Å². The summed E-state index contributed by atoms with van der Waals surface area (Å²) >= 11 is 1.14. The van der Waals surface area contributed by atoms with Gasteiger partial charge in [-0.25, -0.2) is 9.37 Å². The van der Waals surface area contributed by atoms with Crippen molar-refractivity contribution in [2.24, 2.45) is 11.1 Å². The summed E-state index contributed by atoms with van der Waals surface area (Å²) in [5, 5.41) is 3.97. The lowest BCUT2D eigenvalue weighted by atomic mass is 10.4. The number of hydrogen-bond donors (Lipinski definition) is 0. The summed E-state index contributed by atoms with van der Waals surface area (Å²) in [6.45, 7) is 2.34. The highest BCUT2D eigenvalue weighted by molar-refractivity contribution is 7.87. The van der Waals surface area contributed by atoms with E-state index in [4.69, 9.17) is 4.84 Å². The van der Waals surface area contributed by atoms with Gasteiger partial charge in [-0.05, 0) is 25.7 Å². The fourth-order valence-corrected chi connectivity index (χ4v) is 3.65. The van der Waals surface area contributed by atoms with Crippen LogP contribution in [0.1, 0.15) is 31.1 Å². The molecular weight excluding hydrogens is 337 g/mol. The maximum Gasteiger partial charge on any atom is 0.301 e. The number of oxime groups is 1. The van der Waals surface area contributed by atoms with Gasteiger partial charge in [0.25, 0.3) is 0 Å².